The largest absolute Gasteiger partial charge is 0.396 e. The lowest BCUT2D eigenvalue weighted by atomic mass is 10.0. The second kappa shape index (κ2) is 6.70. The molecule has 0 aliphatic carbocycles. The maximum absolute atomic E-state index is 9.21. The van der Waals surface area contributed by atoms with E-state index in [2.05, 4.69) is 41.4 Å². The zero-order valence-corrected chi connectivity index (χ0v) is 12.8. The normalized spacial score (nSPS) is 14.3. The van der Waals surface area contributed by atoms with Crippen molar-refractivity contribution in [2.45, 2.75) is 46.6 Å². The van der Waals surface area contributed by atoms with E-state index in [1.54, 1.807) is 0 Å². The van der Waals surface area contributed by atoms with Crippen molar-refractivity contribution in [3.8, 4) is 0 Å². The maximum Gasteiger partial charge on any atom is 0.135 e. The second-order valence-electron chi connectivity index (χ2n) is 5.40. The van der Waals surface area contributed by atoms with Gasteiger partial charge in [-0.05, 0) is 19.8 Å². The molecule has 2 atom stereocenters. The molecule has 0 fully saturated rings. The molecule has 0 aromatic carbocycles. The smallest absolute Gasteiger partial charge is 0.135 e. The summed E-state index contributed by atoms with van der Waals surface area (Å²) in [4.78, 5) is 9.10. The number of aliphatic hydroxyl groups excluding tert-OH is 1. The van der Waals surface area contributed by atoms with Crippen LogP contribution in [0, 0.1) is 12.8 Å². The van der Waals surface area contributed by atoms with Crippen LogP contribution in [0.3, 0.4) is 0 Å². The molecule has 5 heteroatoms. The van der Waals surface area contributed by atoms with E-state index < -0.39 is 0 Å². The van der Waals surface area contributed by atoms with Crippen molar-refractivity contribution in [1.82, 2.24) is 9.97 Å². The average Bonchev–Trinajstić information content (AvgIpc) is 2.39. The summed E-state index contributed by atoms with van der Waals surface area (Å²) in [6, 6.07) is 0.156. The molecule has 0 spiro atoms. The number of aromatic nitrogens is 2. The highest BCUT2D eigenvalue weighted by molar-refractivity contribution is 5.57. The highest BCUT2D eigenvalue weighted by Gasteiger charge is 2.16. The summed E-state index contributed by atoms with van der Waals surface area (Å²) in [7, 11) is 1.86. The van der Waals surface area contributed by atoms with E-state index in [-0.39, 0.29) is 24.5 Å². The van der Waals surface area contributed by atoms with Crippen LogP contribution in [0.25, 0.3) is 0 Å². The third-order valence-electron chi connectivity index (χ3n) is 3.42. The lowest BCUT2D eigenvalue weighted by Crippen LogP contribution is -2.27. The Hall–Kier alpha value is -1.36. The number of rotatable bonds is 6. The minimum absolute atomic E-state index is 0.156. The van der Waals surface area contributed by atoms with Gasteiger partial charge in [0.05, 0.1) is 0 Å². The fourth-order valence-electron chi connectivity index (χ4n) is 1.69. The van der Waals surface area contributed by atoms with Crippen LogP contribution in [0.5, 0.6) is 0 Å². The molecule has 3 N–H and O–H groups in total. The van der Waals surface area contributed by atoms with E-state index in [1.165, 1.54) is 0 Å². The summed E-state index contributed by atoms with van der Waals surface area (Å²) in [5.41, 5.74) is 1.00. The summed E-state index contributed by atoms with van der Waals surface area (Å²) in [5, 5.41) is 15.7. The molecule has 108 valence electrons. The summed E-state index contributed by atoms with van der Waals surface area (Å²) >= 11 is 0. The molecular formula is C14H26N4O. The van der Waals surface area contributed by atoms with Crippen LogP contribution in [-0.4, -0.2) is 34.8 Å². The van der Waals surface area contributed by atoms with Crippen LogP contribution < -0.4 is 10.6 Å². The van der Waals surface area contributed by atoms with E-state index in [0.29, 0.717) is 0 Å². The number of anilines is 2. The molecule has 19 heavy (non-hydrogen) atoms. The number of nitrogens with zero attached hydrogens (tertiary/aromatic N) is 2. The summed E-state index contributed by atoms with van der Waals surface area (Å²) in [6.07, 6.45) is 0. The van der Waals surface area contributed by atoms with E-state index in [1.807, 2.05) is 20.9 Å². The number of aliphatic hydroxyl groups is 1. The van der Waals surface area contributed by atoms with Gasteiger partial charge in [-0.15, -0.1) is 0 Å². The van der Waals surface area contributed by atoms with E-state index >= 15 is 0 Å². The molecule has 1 heterocycles. The van der Waals surface area contributed by atoms with Gasteiger partial charge in [0.25, 0.3) is 0 Å². The topological polar surface area (TPSA) is 70.1 Å². The van der Waals surface area contributed by atoms with Crippen molar-refractivity contribution in [2.24, 2.45) is 5.92 Å². The monoisotopic (exact) mass is 266 g/mol. The Morgan fingerprint density at radius 2 is 1.68 bits per heavy atom. The molecular weight excluding hydrogens is 240 g/mol. The number of hydrogen-bond donors (Lipinski definition) is 3. The maximum atomic E-state index is 9.21. The Morgan fingerprint density at radius 1 is 1.11 bits per heavy atom. The third kappa shape index (κ3) is 3.80. The Bertz CT molecular complexity index is 420. The lowest BCUT2D eigenvalue weighted by molar-refractivity contribution is 0.226. The molecule has 0 bridgehead atoms. The van der Waals surface area contributed by atoms with Crippen molar-refractivity contribution in [3.05, 3.63) is 11.4 Å². The Kier molecular flexibility index (Phi) is 5.54. The molecule has 1 rings (SSSR count). The molecule has 0 aliphatic rings. The second-order valence-corrected chi connectivity index (χ2v) is 5.40. The van der Waals surface area contributed by atoms with E-state index in [9.17, 15) is 5.11 Å². The quantitative estimate of drug-likeness (QED) is 0.737. The Balaban J connectivity index is 3.08. The molecule has 0 amide bonds. The van der Waals surface area contributed by atoms with Gasteiger partial charge in [-0.1, -0.05) is 20.8 Å². The van der Waals surface area contributed by atoms with Gasteiger partial charge >= 0.3 is 0 Å². The van der Waals surface area contributed by atoms with Crippen LogP contribution in [0.15, 0.2) is 0 Å². The summed E-state index contributed by atoms with van der Waals surface area (Å²) in [5.74, 6) is 2.97. The molecule has 0 saturated carbocycles. The molecule has 2 unspecified atom stereocenters. The van der Waals surface area contributed by atoms with Gasteiger partial charge < -0.3 is 15.7 Å². The van der Waals surface area contributed by atoms with Gasteiger partial charge in [-0.25, -0.2) is 9.97 Å². The molecule has 1 aromatic rings. The number of nitrogens with one attached hydrogen (secondary N) is 2. The van der Waals surface area contributed by atoms with Crippen molar-refractivity contribution in [2.75, 3.05) is 24.3 Å². The predicted molar refractivity (Wildman–Crippen MR) is 79.7 cm³/mol. The Labute approximate surface area is 115 Å². The van der Waals surface area contributed by atoms with Gasteiger partial charge in [0, 0.05) is 31.2 Å². The van der Waals surface area contributed by atoms with Crippen LogP contribution >= 0.6 is 0 Å². The van der Waals surface area contributed by atoms with Crippen LogP contribution in [-0.2, 0) is 0 Å². The highest BCUT2D eigenvalue weighted by atomic mass is 16.3. The van der Waals surface area contributed by atoms with E-state index in [4.69, 9.17) is 0 Å². The first-order valence-electron chi connectivity index (χ1n) is 6.84. The van der Waals surface area contributed by atoms with Crippen LogP contribution in [0.4, 0.5) is 11.6 Å². The van der Waals surface area contributed by atoms with Crippen LogP contribution in [0.2, 0.25) is 0 Å². The van der Waals surface area contributed by atoms with Crippen molar-refractivity contribution in [3.63, 3.8) is 0 Å². The zero-order chi connectivity index (χ0) is 14.6. The standard InChI is InChI=1S/C14H26N4O/c1-8(2)12-17-13(15-6)10(4)14(18-12)16-11(5)9(3)7-19/h8-9,11,19H,7H2,1-6H3,(H2,15,16,17,18). The zero-order valence-electron chi connectivity index (χ0n) is 12.8. The van der Waals surface area contributed by atoms with Crippen molar-refractivity contribution < 1.29 is 5.11 Å². The molecule has 0 radical (unpaired) electrons. The van der Waals surface area contributed by atoms with Gasteiger partial charge in [0.15, 0.2) is 0 Å². The van der Waals surface area contributed by atoms with Gasteiger partial charge in [0.2, 0.25) is 0 Å². The predicted octanol–water partition coefficient (Wildman–Crippen LogP) is 2.38. The van der Waals surface area contributed by atoms with Gasteiger partial charge in [-0.2, -0.15) is 0 Å². The minimum atomic E-state index is 0.156. The van der Waals surface area contributed by atoms with Crippen LogP contribution in [0.1, 0.15) is 45.0 Å². The third-order valence-corrected chi connectivity index (χ3v) is 3.42. The summed E-state index contributed by atoms with van der Waals surface area (Å²) < 4.78 is 0. The molecule has 1 aromatic heterocycles. The van der Waals surface area contributed by atoms with Crippen molar-refractivity contribution >= 4 is 11.6 Å². The fourth-order valence-corrected chi connectivity index (χ4v) is 1.69. The average molecular weight is 266 g/mol. The molecule has 5 nitrogen and oxygen atoms in total. The minimum Gasteiger partial charge on any atom is -0.396 e. The van der Waals surface area contributed by atoms with Gasteiger partial charge in [0.1, 0.15) is 17.5 Å². The molecule has 0 aliphatic heterocycles. The first-order chi connectivity index (χ1) is 8.90. The highest BCUT2D eigenvalue weighted by Crippen LogP contribution is 2.24. The first kappa shape index (κ1) is 15.7. The van der Waals surface area contributed by atoms with Gasteiger partial charge in [-0.3, -0.25) is 0 Å². The Morgan fingerprint density at radius 3 is 2.16 bits per heavy atom. The van der Waals surface area contributed by atoms with Crippen molar-refractivity contribution in [1.29, 1.82) is 0 Å². The molecule has 0 saturated heterocycles. The van der Waals surface area contributed by atoms with E-state index in [0.717, 1.165) is 23.0 Å². The summed E-state index contributed by atoms with van der Waals surface area (Å²) in [6.45, 7) is 10.4. The number of hydrogen-bond acceptors (Lipinski definition) is 5. The fraction of sp³-hybridized carbons (Fsp3) is 0.714. The SMILES string of the molecule is CNc1nc(C(C)C)nc(NC(C)C(C)CO)c1C. The first-order valence-corrected chi connectivity index (χ1v) is 6.84. The lowest BCUT2D eigenvalue weighted by Gasteiger charge is -2.22.